The molecule has 0 saturated heterocycles. The van der Waals surface area contributed by atoms with E-state index in [1.54, 1.807) is 11.8 Å². The normalized spacial score (nSPS) is 14.1. The van der Waals surface area contributed by atoms with Gasteiger partial charge in [-0.05, 0) is 64.7 Å². The number of fused-ring (bicyclic) bond motifs is 1. The van der Waals surface area contributed by atoms with Crippen molar-refractivity contribution in [1.82, 2.24) is 14.8 Å². The highest BCUT2D eigenvalue weighted by Crippen LogP contribution is 2.43. The highest BCUT2D eigenvalue weighted by Gasteiger charge is 2.36. The molecule has 11 heteroatoms. The predicted molar refractivity (Wildman–Crippen MR) is 173 cm³/mol. The Morgan fingerprint density at radius 2 is 2.00 bits per heavy atom. The molecule has 8 nitrogen and oxygen atoms in total. The highest BCUT2D eigenvalue weighted by molar-refractivity contribution is 9.10. The second kappa shape index (κ2) is 13.7. The van der Waals surface area contributed by atoms with Gasteiger partial charge in [-0.25, -0.2) is 9.48 Å². The third-order valence-electron chi connectivity index (χ3n) is 6.73. The molecule has 0 spiro atoms. The molecule has 1 unspecified atom stereocenters. The minimum absolute atomic E-state index is 0.0736. The maximum Gasteiger partial charge on any atom is 0.338 e. The molecule has 1 N–H and O–H groups in total. The van der Waals surface area contributed by atoms with Gasteiger partial charge in [0.05, 0.1) is 17.2 Å². The number of ether oxygens (including phenoxy) is 3. The van der Waals surface area contributed by atoms with Crippen LogP contribution in [0.3, 0.4) is 0 Å². The van der Waals surface area contributed by atoms with E-state index >= 15 is 0 Å². The highest BCUT2D eigenvalue weighted by atomic mass is 79.9. The van der Waals surface area contributed by atoms with E-state index in [-0.39, 0.29) is 6.61 Å². The summed E-state index contributed by atoms with van der Waals surface area (Å²) in [6, 6.07) is 18.9. The van der Waals surface area contributed by atoms with Gasteiger partial charge in [-0.3, -0.25) is 0 Å². The van der Waals surface area contributed by atoms with E-state index < -0.39 is 12.0 Å². The molecule has 5 rings (SSSR count). The van der Waals surface area contributed by atoms with Crippen LogP contribution in [0.15, 0.2) is 94.2 Å². The third kappa shape index (κ3) is 6.92. The fourth-order valence-electron chi connectivity index (χ4n) is 4.73. The number of carbonyl (C=O) groups excluding carboxylic acids is 1. The van der Waals surface area contributed by atoms with Crippen molar-refractivity contribution in [3.63, 3.8) is 0 Å². The summed E-state index contributed by atoms with van der Waals surface area (Å²) in [6.07, 6.45) is 1.53. The smallest absolute Gasteiger partial charge is 0.338 e. The number of allylic oxidation sites excluding steroid dienone is 1. The van der Waals surface area contributed by atoms with Crippen LogP contribution in [0.1, 0.15) is 35.2 Å². The van der Waals surface area contributed by atoms with Crippen LogP contribution in [0, 0.1) is 6.92 Å². The summed E-state index contributed by atoms with van der Waals surface area (Å²) < 4.78 is 19.8. The number of anilines is 1. The van der Waals surface area contributed by atoms with Crippen LogP contribution < -0.4 is 14.8 Å². The molecule has 0 aliphatic carbocycles. The van der Waals surface area contributed by atoms with Crippen molar-refractivity contribution in [3.8, 4) is 11.5 Å². The topological polar surface area (TPSA) is 87.5 Å². The van der Waals surface area contributed by atoms with E-state index in [0.717, 1.165) is 22.3 Å². The van der Waals surface area contributed by atoms with Crippen molar-refractivity contribution in [2.45, 2.75) is 37.4 Å². The minimum atomic E-state index is -0.660. The van der Waals surface area contributed by atoms with Gasteiger partial charge in [-0.15, -0.1) is 5.10 Å². The third-order valence-corrected chi connectivity index (χ3v) is 8.58. The Labute approximate surface area is 268 Å². The second-order valence-corrected chi connectivity index (χ2v) is 12.0. The number of rotatable bonds is 11. The Morgan fingerprint density at radius 1 is 1.19 bits per heavy atom. The van der Waals surface area contributed by atoms with Crippen LogP contribution in [0.2, 0.25) is 5.02 Å². The summed E-state index contributed by atoms with van der Waals surface area (Å²) in [5, 5.41) is 9.25. The molecule has 2 heterocycles. The number of hydrogen-bond acceptors (Lipinski definition) is 8. The lowest BCUT2D eigenvalue weighted by Crippen LogP contribution is -2.29. The molecule has 1 atom stereocenters. The quantitative estimate of drug-likeness (QED) is 0.0972. The Balaban J connectivity index is 1.51. The number of aromatic nitrogens is 3. The summed E-state index contributed by atoms with van der Waals surface area (Å²) in [5.74, 6) is 1.64. The van der Waals surface area contributed by atoms with E-state index in [1.165, 1.54) is 17.8 Å². The first kappa shape index (κ1) is 30.7. The standard InChI is InChI=1S/C32H30BrClN4O4S/c1-5-13-41-30(39)27-20(3)35-31-36-32(43-18-22-11-6-7-12-25(22)34)37-38(31)28(27)23-15-24(33)29(26(16-23)40-4)42-17-21-10-8-9-19(2)14-21/h5-12,14-16,28H,1,13,17-18H2,2-4H3,(H,35,36,37). The van der Waals surface area contributed by atoms with Crippen molar-refractivity contribution < 1.29 is 19.0 Å². The van der Waals surface area contributed by atoms with Crippen molar-refractivity contribution in [2.24, 2.45) is 0 Å². The average molecular weight is 682 g/mol. The lowest BCUT2D eigenvalue weighted by atomic mass is 9.95. The van der Waals surface area contributed by atoms with Crippen molar-refractivity contribution in [3.05, 3.63) is 116 Å². The number of halogens is 2. The van der Waals surface area contributed by atoms with E-state index in [0.29, 0.717) is 55.7 Å². The largest absolute Gasteiger partial charge is 0.493 e. The number of thioether (sulfide) groups is 1. The molecule has 0 saturated carbocycles. The summed E-state index contributed by atoms with van der Waals surface area (Å²) in [5.41, 5.74) is 4.90. The lowest BCUT2D eigenvalue weighted by molar-refractivity contribution is -0.138. The van der Waals surface area contributed by atoms with Gasteiger partial charge < -0.3 is 19.5 Å². The molecule has 0 bridgehead atoms. The Morgan fingerprint density at radius 3 is 2.74 bits per heavy atom. The van der Waals surface area contributed by atoms with Crippen LogP contribution >= 0.6 is 39.3 Å². The second-order valence-electron chi connectivity index (χ2n) is 9.81. The zero-order valence-electron chi connectivity index (χ0n) is 23.9. The van der Waals surface area contributed by atoms with Crippen LogP contribution in [0.4, 0.5) is 5.95 Å². The van der Waals surface area contributed by atoms with E-state index in [1.807, 2.05) is 68.4 Å². The van der Waals surface area contributed by atoms with Gasteiger partial charge in [0, 0.05) is 16.5 Å². The number of aryl methyl sites for hydroxylation is 1. The molecule has 1 aliphatic rings. The zero-order valence-corrected chi connectivity index (χ0v) is 27.1. The maximum atomic E-state index is 13.4. The van der Waals surface area contributed by atoms with Gasteiger partial charge in [0.15, 0.2) is 11.5 Å². The van der Waals surface area contributed by atoms with Crippen molar-refractivity contribution in [2.75, 3.05) is 19.0 Å². The zero-order chi connectivity index (χ0) is 30.5. The molecule has 222 valence electrons. The van der Waals surface area contributed by atoms with Gasteiger partial charge in [-0.1, -0.05) is 84.0 Å². The maximum absolute atomic E-state index is 13.4. The lowest BCUT2D eigenvalue weighted by Gasteiger charge is -2.28. The summed E-state index contributed by atoms with van der Waals surface area (Å²) in [7, 11) is 1.58. The molecular weight excluding hydrogens is 652 g/mol. The van der Waals surface area contributed by atoms with Crippen LogP contribution in [0.25, 0.3) is 0 Å². The first-order valence-electron chi connectivity index (χ1n) is 13.4. The fourth-order valence-corrected chi connectivity index (χ4v) is 6.42. The number of hydrogen-bond donors (Lipinski definition) is 1. The molecule has 43 heavy (non-hydrogen) atoms. The number of esters is 1. The summed E-state index contributed by atoms with van der Waals surface area (Å²) >= 11 is 11.5. The van der Waals surface area contributed by atoms with Crippen LogP contribution in [-0.2, 0) is 21.9 Å². The Kier molecular flexibility index (Phi) is 9.79. The molecular formula is C32H30BrClN4O4S. The van der Waals surface area contributed by atoms with Gasteiger partial charge in [0.25, 0.3) is 0 Å². The number of nitrogens with zero attached hydrogens (tertiary/aromatic N) is 3. The number of carbonyl (C=O) groups is 1. The molecule has 0 amide bonds. The summed E-state index contributed by atoms with van der Waals surface area (Å²) in [6.45, 7) is 7.96. The van der Waals surface area contributed by atoms with E-state index in [2.05, 4.69) is 33.9 Å². The molecule has 1 aliphatic heterocycles. The first-order chi connectivity index (χ1) is 20.8. The monoisotopic (exact) mass is 680 g/mol. The van der Waals surface area contributed by atoms with Crippen molar-refractivity contribution in [1.29, 1.82) is 0 Å². The fraction of sp³-hybridized carbons (Fsp3) is 0.219. The van der Waals surface area contributed by atoms with Crippen molar-refractivity contribution >= 4 is 51.2 Å². The number of nitrogens with one attached hydrogen (secondary N) is 1. The molecule has 0 radical (unpaired) electrons. The van der Waals surface area contributed by atoms with Gasteiger partial charge in [0.2, 0.25) is 11.1 Å². The molecule has 0 fully saturated rings. The Hall–Kier alpha value is -3.73. The van der Waals surface area contributed by atoms with E-state index in [4.69, 9.17) is 35.9 Å². The summed E-state index contributed by atoms with van der Waals surface area (Å²) in [4.78, 5) is 18.1. The van der Waals surface area contributed by atoms with Gasteiger partial charge >= 0.3 is 5.97 Å². The van der Waals surface area contributed by atoms with Crippen LogP contribution in [-0.4, -0.2) is 34.5 Å². The SMILES string of the molecule is C=CCOC(=O)C1=C(C)Nc2nc(SCc3ccccc3Cl)nn2C1c1cc(Br)c(OCc2cccc(C)c2)c(OC)c1. The molecule has 3 aromatic carbocycles. The predicted octanol–water partition coefficient (Wildman–Crippen LogP) is 7.90. The number of methoxy groups -OCH3 is 1. The van der Waals surface area contributed by atoms with Crippen LogP contribution in [0.5, 0.6) is 11.5 Å². The molecule has 4 aromatic rings. The Bertz CT molecular complexity index is 1710. The van der Waals surface area contributed by atoms with Gasteiger partial charge in [0.1, 0.15) is 19.3 Å². The number of benzene rings is 3. The molecule has 1 aromatic heterocycles. The average Bonchev–Trinajstić information content (AvgIpc) is 3.40. The van der Waals surface area contributed by atoms with E-state index in [9.17, 15) is 4.79 Å². The minimum Gasteiger partial charge on any atom is -0.493 e. The first-order valence-corrected chi connectivity index (χ1v) is 15.6. The van der Waals surface area contributed by atoms with Gasteiger partial charge in [-0.2, -0.15) is 4.98 Å².